The molecule has 1 saturated heterocycles. The lowest BCUT2D eigenvalue weighted by Crippen LogP contribution is -2.51. The van der Waals surface area contributed by atoms with Crippen molar-refractivity contribution in [2.24, 2.45) is 0 Å². The summed E-state index contributed by atoms with van der Waals surface area (Å²) in [5.74, 6) is -0.651. The molecule has 1 aliphatic rings. The van der Waals surface area contributed by atoms with Gasteiger partial charge in [-0.05, 0) is 20.8 Å². The molecule has 1 N–H and O–H groups in total. The quantitative estimate of drug-likeness (QED) is 0.630. The molecule has 0 aromatic rings. The standard InChI is InChI=1S/C8H14O5/c1-7(2)11-4-8(3,5-12-7)13-6(9)10/h4-5H2,1-3H3,(H,9,10). The van der Waals surface area contributed by atoms with Gasteiger partial charge in [0.05, 0.1) is 13.2 Å². The zero-order chi connectivity index (χ0) is 10.1. The zero-order valence-electron chi connectivity index (χ0n) is 7.99. The topological polar surface area (TPSA) is 65.0 Å². The smallest absolute Gasteiger partial charge is 0.450 e. The summed E-state index contributed by atoms with van der Waals surface area (Å²) in [5, 5.41) is 8.43. The van der Waals surface area contributed by atoms with Crippen molar-refractivity contribution in [3.63, 3.8) is 0 Å². The summed E-state index contributed by atoms with van der Waals surface area (Å²) in [6.45, 7) is 5.61. The van der Waals surface area contributed by atoms with Crippen LogP contribution >= 0.6 is 0 Å². The Balaban J connectivity index is 2.51. The molecule has 0 aromatic carbocycles. The Hall–Kier alpha value is -0.810. The van der Waals surface area contributed by atoms with Crippen LogP contribution in [0.15, 0.2) is 0 Å². The molecule has 0 atom stereocenters. The molecule has 1 heterocycles. The molecule has 0 saturated carbocycles. The molecule has 5 nitrogen and oxygen atoms in total. The van der Waals surface area contributed by atoms with E-state index in [0.29, 0.717) is 0 Å². The van der Waals surface area contributed by atoms with Gasteiger partial charge in [-0.15, -0.1) is 0 Å². The first kappa shape index (κ1) is 10.3. The van der Waals surface area contributed by atoms with Crippen molar-refractivity contribution in [2.75, 3.05) is 13.2 Å². The van der Waals surface area contributed by atoms with Crippen LogP contribution in [0.3, 0.4) is 0 Å². The minimum absolute atomic E-state index is 0.215. The number of hydrogen-bond acceptors (Lipinski definition) is 4. The monoisotopic (exact) mass is 190 g/mol. The van der Waals surface area contributed by atoms with Crippen LogP contribution in [0.4, 0.5) is 4.79 Å². The van der Waals surface area contributed by atoms with E-state index in [2.05, 4.69) is 4.74 Å². The first-order valence-corrected chi connectivity index (χ1v) is 4.03. The maximum atomic E-state index is 10.3. The SMILES string of the molecule is CC1(OC(=O)O)COC(C)(C)OC1. The highest BCUT2D eigenvalue weighted by Gasteiger charge is 2.39. The van der Waals surface area contributed by atoms with E-state index in [1.165, 1.54) is 0 Å². The maximum Gasteiger partial charge on any atom is 0.506 e. The molecule has 5 heteroatoms. The van der Waals surface area contributed by atoms with Crippen LogP contribution in [-0.2, 0) is 14.2 Å². The minimum Gasteiger partial charge on any atom is -0.450 e. The fraction of sp³-hybridized carbons (Fsp3) is 0.875. The highest BCUT2D eigenvalue weighted by Crippen LogP contribution is 2.25. The van der Waals surface area contributed by atoms with Gasteiger partial charge in [0.15, 0.2) is 11.4 Å². The van der Waals surface area contributed by atoms with Crippen molar-refractivity contribution in [3.05, 3.63) is 0 Å². The molecule has 13 heavy (non-hydrogen) atoms. The van der Waals surface area contributed by atoms with Crippen molar-refractivity contribution in [2.45, 2.75) is 32.2 Å². The van der Waals surface area contributed by atoms with E-state index in [1.807, 2.05) is 0 Å². The van der Waals surface area contributed by atoms with Gasteiger partial charge in [-0.2, -0.15) is 0 Å². The second-order valence-corrected chi connectivity index (χ2v) is 3.80. The molecule has 1 fully saturated rings. The van der Waals surface area contributed by atoms with E-state index in [4.69, 9.17) is 14.6 Å². The molecular weight excluding hydrogens is 176 g/mol. The number of carbonyl (C=O) groups is 1. The Bertz CT molecular complexity index is 201. The average Bonchev–Trinajstić information content (AvgIpc) is 1.95. The molecular formula is C8H14O5. The summed E-state index contributed by atoms with van der Waals surface area (Å²) in [4.78, 5) is 10.3. The van der Waals surface area contributed by atoms with Crippen molar-refractivity contribution in [1.29, 1.82) is 0 Å². The van der Waals surface area contributed by atoms with Gasteiger partial charge in [-0.25, -0.2) is 4.79 Å². The number of hydrogen-bond donors (Lipinski definition) is 1. The Morgan fingerprint density at radius 2 is 1.77 bits per heavy atom. The lowest BCUT2D eigenvalue weighted by Gasteiger charge is -2.39. The molecule has 1 rings (SSSR count). The van der Waals surface area contributed by atoms with E-state index in [9.17, 15) is 4.79 Å². The third-order valence-corrected chi connectivity index (χ3v) is 1.78. The average molecular weight is 190 g/mol. The Morgan fingerprint density at radius 1 is 1.31 bits per heavy atom. The first-order valence-electron chi connectivity index (χ1n) is 4.03. The van der Waals surface area contributed by atoms with Crippen LogP contribution in [0.2, 0.25) is 0 Å². The summed E-state index contributed by atoms with van der Waals surface area (Å²) in [7, 11) is 0. The molecule has 0 unspecified atom stereocenters. The summed E-state index contributed by atoms with van der Waals surface area (Å²) in [6.07, 6.45) is -1.31. The second-order valence-electron chi connectivity index (χ2n) is 3.80. The molecule has 0 aliphatic carbocycles. The van der Waals surface area contributed by atoms with Crippen LogP contribution in [0.25, 0.3) is 0 Å². The predicted molar refractivity (Wildman–Crippen MR) is 43.5 cm³/mol. The van der Waals surface area contributed by atoms with Crippen LogP contribution in [-0.4, -0.2) is 35.9 Å². The predicted octanol–water partition coefficient (Wildman–Crippen LogP) is 1.22. The van der Waals surface area contributed by atoms with Crippen LogP contribution < -0.4 is 0 Å². The fourth-order valence-electron chi connectivity index (χ4n) is 1.01. The van der Waals surface area contributed by atoms with Crippen molar-refractivity contribution in [1.82, 2.24) is 0 Å². The van der Waals surface area contributed by atoms with Gasteiger partial charge in [0.1, 0.15) is 0 Å². The summed E-state index contributed by atoms with van der Waals surface area (Å²) in [6, 6.07) is 0. The van der Waals surface area contributed by atoms with Gasteiger partial charge < -0.3 is 19.3 Å². The largest absolute Gasteiger partial charge is 0.506 e. The van der Waals surface area contributed by atoms with E-state index in [-0.39, 0.29) is 13.2 Å². The first-order chi connectivity index (χ1) is 5.83. The van der Waals surface area contributed by atoms with Crippen LogP contribution in [0.1, 0.15) is 20.8 Å². The van der Waals surface area contributed by atoms with Crippen molar-refractivity contribution < 1.29 is 24.1 Å². The van der Waals surface area contributed by atoms with E-state index >= 15 is 0 Å². The highest BCUT2D eigenvalue weighted by atomic mass is 16.7. The molecule has 1 aliphatic heterocycles. The van der Waals surface area contributed by atoms with Crippen molar-refractivity contribution in [3.8, 4) is 0 Å². The minimum atomic E-state index is -1.31. The maximum absolute atomic E-state index is 10.3. The Kier molecular flexibility index (Phi) is 2.49. The van der Waals surface area contributed by atoms with Crippen LogP contribution in [0.5, 0.6) is 0 Å². The summed E-state index contributed by atoms with van der Waals surface area (Å²) < 4.78 is 15.2. The zero-order valence-corrected chi connectivity index (χ0v) is 7.99. The van der Waals surface area contributed by atoms with Gasteiger partial charge in [-0.1, -0.05) is 0 Å². The van der Waals surface area contributed by atoms with Gasteiger partial charge in [0.25, 0.3) is 0 Å². The molecule has 0 bridgehead atoms. The lowest BCUT2D eigenvalue weighted by atomic mass is 10.1. The third kappa shape index (κ3) is 2.86. The van der Waals surface area contributed by atoms with E-state index in [1.54, 1.807) is 20.8 Å². The van der Waals surface area contributed by atoms with Gasteiger partial charge in [0, 0.05) is 0 Å². The fourth-order valence-corrected chi connectivity index (χ4v) is 1.01. The lowest BCUT2D eigenvalue weighted by molar-refractivity contribution is -0.297. The molecule has 0 aromatic heterocycles. The number of carboxylic acid groups (broad SMARTS) is 1. The highest BCUT2D eigenvalue weighted by molar-refractivity contribution is 5.57. The Morgan fingerprint density at radius 3 is 2.15 bits per heavy atom. The second kappa shape index (κ2) is 3.16. The van der Waals surface area contributed by atoms with Crippen molar-refractivity contribution >= 4 is 6.16 Å². The summed E-state index contributed by atoms with van der Waals surface area (Å²) in [5.41, 5.74) is -0.888. The molecule has 0 amide bonds. The van der Waals surface area contributed by atoms with Gasteiger partial charge >= 0.3 is 6.16 Å². The number of rotatable bonds is 1. The Labute approximate surface area is 76.6 Å². The summed E-state index contributed by atoms with van der Waals surface area (Å²) >= 11 is 0. The molecule has 0 radical (unpaired) electrons. The van der Waals surface area contributed by atoms with E-state index < -0.39 is 17.5 Å². The van der Waals surface area contributed by atoms with E-state index in [0.717, 1.165) is 0 Å². The van der Waals surface area contributed by atoms with Gasteiger partial charge in [-0.3, -0.25) is 0 Å². The normalized spacial score (nSPS) is 25.2. The number of ether oxygens (including phenoxy) is 3. The third-order valence-electron chi connectivity index (χ3n) is 1.78. The van der Waals surface area contributed by atoms with Gasteiger partial charge in [0.2, 0.25) is 0 Å². The molecule has 76 valence electrons. The van der Waals surface area contributed by atoms with Crippen LogP contribution in [0, 0.1) is 0 Å². The molecule has 0 spiro atoms.